The summed E-state index contributed by atoms with van der Waals surface area (Å²) in [5.41, 5.74) is 2.12. The highest BCUT2D eigenvalue weighted by Crippen LogP contribution is 2.21. The molecule has 0 aliphatic carbocycles. The van der Waals surface area contributed by atoms with E-state index in [1.54, 1.807) is 24.7 Å². The molecule has 0 saturated carbocycles. The highest BCUT2D eigenvalue weighted by Gasteiger charge is 2.14. The molecule has 0 aliphatic rings. The first kappa shape index (κ1) is 14.9. The molecule has 0 radical (unpaired) electrons. The van der Waals surface area contributed by atoms with Crippen molar-refractivity contribution in [3.63, 3.8) is 0 Å². The van der Waals surface area contributed by atoms with Gasteiger partial charge >= 0.3 is 5.97 Å². The molecular weight excluding hydrogens is 264 g/mol. The quantitative estimate of drug-likeness (QED) is 0.638. The Labute approximate surface area is 124 Å². The van der Waals surface area contributed by atoms with Crippen LogP contribution in [0.4, 0.5) is 0 Å². The minimum Gasteiger partial charge on any atom is -0.457 e. The van der Waals surface area contributed by atoms with Crippen LogP contribution < -0.4 is 0 Å². The summed E-state index contributed by atoms with van der Waals surface area (Å²) in [5.74, 6) is -0.368. The first-order valence-electron chi connectivity index (χ1n) is 6.72. The number of ether oxygens (including phenoxy) is 1. The van der Waals surface area contributed by atoms with Gasteiger partial charge in [0.05, 0.1) is 5.69 Å². The van der Waals surface area contributed by atoms with Crippen LogP contribution in [0.5, 0.6) is 0 Å². The van der Waals surface area contributed by atoms with Crippen LogP contribution in [-0.4, -0.2) is 21.5 Å². The maximum Gasteiger partial charge on any atom is 0.331 e. The molecular formula is C17H18N2O2. The summed E-state index contributed by atoms with van der Waals surface area (Å²) >= 11 is 0. The molecule has 0 aromatic carbocycles. The summed E-state index contributed by atoms with van der Waals surface area (Å²) in [4.78, 5) is 20.1. The van der Waals surface area contributed by atoms with Gasteiger partial charge < -0.3 is 4.74 Å². The van der Waals surface area contributed by atoms with Crippen LogP contribution >= 0.6 is 0 Å². The third-order valence-electron chi connectivity index (χ3n) is 2.60. The van der Waals surface area contributed by atoms with Crippen molar-refractivity contribution in [3.8, 4) is 11.3 Å². The number of pyridine rings is 2. The van der Waals surface area contributed by atoms with E-state index in [0.29, 0.717) is 0 Å². The lowest BCUT2D eigenvalue weighted by atomic mass is 10.1. The Morgan fingerprint density at radius 2 is 1.86 bits per heavy atom. The predicted molar refractivity (Wildman–Crippen MR) is 82.3 cm³/mol. The fourth-order valence-corrected chi connectivity index (χ4v) is 1.80. The Morgan fingerprint density at radius 1 is 1.14 bits per heavy atom. The highest BCUT2D eigenvalue weighted by atomic mass is 16.6. The first-order valence-corrected chi connectivity index (χ1v) is 6.72. The van der Waals surface area contributed by atoms with Crippen LogP contribution in [0.25, 0.3) is 17.3 Å². The molecule has 0 spiro atoms. The van der Waals surface area contributed by atoms with E-state index in [4.69, 9.17) is 4.74 Å². The van der Waals surface area contributed by atoms with Crippen LogP contribution in [0.3, 0.4) is 0 Å². The van der Waals surface area contributed by atoms with Crippen LogP contribution in [0.1, 0.15) is 26.3 Å². The molecule has 0 N–H and O–H groups in total. The fraction of sp³-hybridized carbons (Fsp3) is 0.235. The van der Waals surface area contributed by atoms with Gasteiger partial charge in [-0.15, -0.1) is 0 Å². The van der Waals surface area contributed by atoms with Crippen molar-refractivity contribution in [2.75, 3.05) is 0 Å². The van der Waals surface area contributed by atoms with Gasteiger partial charge in [-0.1, -0.05) is 6.07 Å². The lowest BCUT2D eigenvalue weighted by Gasteiger charge is -2.17. The molecule has 2 heterocycles. The molecule has 0 aliphatic heterocycles. The standard InChI is InChI=1S/C17H18N2O2/c1-17(2,3)21-15(20)7-6-13-5-4-10-19-16(13)14-8-11-18-12-9-14/h4-12H,1-3H3/b7-6+. The number of hydrogen-bond acceptors (Lipinski definition) is 4. The van der Waals surface area contributed by atoms with Crippen LogP contribution in [0.2, 0.25) is 0 Å². The maximum atomic E-state index is 11.7. The molecule has 21 heavy (non-hydrogen) atoms. The van der Waals surface area contributed by atoms with E-state index in [0.717, 1.165) is 16.8 Å². The fourth-order valence-electron chi connectivity index (χ4n) is 1.80. The average molecular weight is 282 g/mol. The SMILES string of the molecule is CC(C)(C)OC(=O)/C=C/c1cccnc1-c1ccncc1. The summed E-state index contributed by atoms with van der Waals surface area (Å²) in [6, 6.07) is 7.50. The minimum atomic E-state index is -0.496. The number of hydrogen-bond donors (Lipinski definition) is 0. The number of carbonyl (C=O) groups excluding carboxylic acids is 1. The van der Waals surface area contributed by atoms with Crippen molar-refractivity contribution in [2.24, 2.45) is 0 Å². The van der Waals surface area contributed by atoms with E-state index in [1.165, 1.54) is 6.08 Å². The second-order valence-electron chi connectivity index (χ2n) is 5.54. The van der Waals surface area contributed by atoms with Gasteiger partial charge in [0.15, 0.2) is 0 Å². The van der Waals surface area contributed by atoms with Crippen molar-refractivity contribution in [1.82, 2.24) is 9.97 Å². The summed E-state index contributed by atoms with van der Waals surface area (Å²) in [7, 11) is 0. The van der Waals surface area contributed by atoms with E-state index in [2.05, 4.69) is 9.97 Å². The molecule has 0 atom stereocenters. The molecule has 0 saturated heterocycles. The van der Waals surface area contributed by atoms with Gasteiger partial charge in [0.25, 0.3) is 0 Å². The van der Waals surface area contributed by atoms with Crippen molar-refractivity contribution >= 4 is 12.0 Å². The maximum absolute atomic E-state index is 11.7. The smallest absolute Gasteiger partial charge is 0.331 e. The van der Waals surface area contributed by atoms with Crippen molar-refractivity contribution < 1.29 is 9.53 Å². The van der Waals surface area contributed by atoms with Crippen LogP contribution in [0.15, 0.2) is 48.9 Å². The summed E-state index contributed by atoms with van der Waals surface area (Å²) < 4.78 is 5.25. The topological polar surface area (TPSA) is 52.1 Å². The number of esters is 1. The Morgan fingerprint density at radius 3 is 2.52 bits per heavy atom. The van der Waals surface area contributed by atoms with Gasteiger partial charge in [-0.25, -0.2) is 4.79 Å². The molecule has 108 valence electrons. The van der Waals surface area contributed by atoms with E-state index in [1.807, 2.05) is 45.0 Å². The Hall–Kier alpha value is -2.49. The summed E-state index contributed by atoms with van der Waals surface area (Å²) in [6.45, 7) is 5.52. The predicted octanol–water partition coefficient (Wildman–Crippen LogP) is 3.50. The largest absolute Gasteiger partial charge is 0.457 e. The Balaban J connectivity index is 2.24. The van der Waals surface area contributed by atoms with Gasteiger partial charge in [-0.05, 0) is 45.0 Å². The monoisotopic (exact) mass is 282 g/mol. The van der Waals surface area contributed by atoms with Crippen LogP contribution in [-0.2, 0) is 9.53 Å². The Bertz CT molecular complexity index is 643. The second-order valence-corrected chi connectivity index (χ2v) is 5.54. The molecule has 2 rings (SSSR count). The van der Waals surface area contributed by atoms with Gasteiger partial charge in [0.1, 0.15) is 5.60 Å². The molecule has 0 unspecified atom stereocenters. The molecule has 2 aromatic rings. The van der Waals surface area contributed by atoms with Crippen molar-refractivity contribution in [3.05, 3.63) is 54.5 Å². The zero-order chi connectivity index (χ0) is 15.3. The number of rotatable bonds is 3. The van der Waals surface area contributed by atoms with Gasteiger partial charge in [0.2, 0.25) is 0 Å². The molecule has 4 heteroatoms. The van der Waals surface area contributed by atoms with E-state index >= 15 is 0 Å². The summed E-state index contributed by atoms with van der Waals surface area (Å²) in [6.07, 6.45) is 8.29. The van der Waals surface area contributed by atoms with Gasteiger partial charge in [-0.3, -0.25) is 9.97 Å². The van der Waals surface area contributed by atoms with E-state index < -0.39 is 5.60 Å². The molecule has 4 nitrogen and oxygen atoms in total. The van der Waals surface area contributed by atoms with Crippen molar-refractivity contribution in [1.29, 1.82) is 0 Å². The van der Waals surface area contributed by atoms with E-state index in [-0.39, 0.29) is 5.97 Å². The minimum absolute atomic E-state index is 0.368. The summed E-state index contributed by atoms with van der Waals surface area (Å²) in [5, 5.41) is 0. The molecule has 0 bridgehead atoms. The average Bonchev–Trinajstić information content (AvgIpc) is 2.45. The normalized spacial score (nSPS) is 11.6. The Kier molecular flexibility index (Phi) is 4.48. The van der Waals surface area contributed by atoms with Gasteiger partial charge in [-0.2, -0.15) is 0 Å². The molecule has 0 amide bonds. The zero-order valence-corrected chi connectivity index (χ0v) is 12.4. The number of aromatic nitrogens is 2. The van der Waals surface area contributed by atoms with E-state index in [9.17, 15) is 4.79 Å². The lowest BCUT2D eigenvalue weighted by Crippen LogP contribution is -2.22. The van der Waals surface area contributed by atoms with Gasteiger partial charge in [0, 0.05) is 35.8 Å². The van der Waals surface area contributed by atoms with Crippen molar-refractivity contribution in [2.45, 2.75) is 26.4 Å². The third-order valence-corrected chi connectivity index (χ3v) is 2.60. The number of carbonyl (C=O) groups is 1. The highest BCUT2D eigenvalue weighted by molar-refractivity contribution is 5.88. The van der Waals surface area contributed by atoms with Crippen LogP contribution in [0, 0.1) is 0 Å². The first-order chi connectivity index (χ1) is 9.96. The zero-order valence-electron chi connectivity index (χ0n) is 12.4. The third kappa shape index (κ3) is 4.53. The second kappa shape index (κ2) is 6.31. The lowest BCUT2D eigenvalue weighted by molar-refractivity contribution is -0.148. The number of nitrogens with zero attached hydrogens (tertiary/aromatic N) is 2. The molecule has 2 aromatic heterocycles. The molecule has 0 fully saturated rings.